The molecule has 0 saturated heterocycles. The van der Waals surface area contributed by atoms with Crippen LogP contribution in [0.25, 0.3) is 0 Å². The third-order valence-corrected chi connectivity index (χ3v) is 0. The molecule has 0 amide bonds. The van der Waals surface area contributed by atoms with Gasteiger partial charge in [-0.1, -0.05) is 14.9 Å². The minimum Gasteiger partial charge on any atom is -0.412 e. The van der Waals surface area contributed by atoms with Gasteiger partial charge in [-0.2, -0.15) is 0 Å². The third kappa shape index (κ3) is 45.1. The van der Waals surface area contributed by atoms with E-state index in [1.807, 2.05) is 0 Å². The molecule has 0 aromatic rings. The van der Waals surface area contributed by atoms with Gasteiger partial charge in [0.25, 0.3) is 0 Å². The molecule has 3 heteroatoms. The Morgan fingerprint density at radius 1 is 0.600 bits per heavy atom. The molecule has 0 aromatic heterocycles. The van der Waals surface area contributed by atoms with Gasteiger partial charge in [-0.05, 0) is 0 Å². The van der Waals surface area contributed by atoms with Crippen LogP contribution in [0.3, 0.4) is 0 Å². The van der Waals surface area contributed by atoms with E-state index in [1.165, 1.54) is 0 Å². The van der Waals surface area contributed by atoms with Crippen molar-refractivity contribution in [1.82, 2.24) is 0 Å². The fourth-order valence-corrected chi connectivity index (χ4v) is 0. The van der Waals surface area contributed by atoms with Crippen LogP contribution in [0.15, 0.2) is 0 Å². The second kappa shape index (κ2) is 80.1. The Labute approximate surface area is 54.8 Å². The Morgan fingerprint density at radius 3 is 0.600 bits per heavy atom. The van der Waals surface area contributed by atoms with Crippen molar-refractivity contribution in [2.24, 2.45) is 0 Å². The summed E-state index contributed by atoms with van der Waals surface area (Å²) < 4.78 is 0. The molecule has 0 spiro atoms. The van der Waals surface area contributed by atoms with Crippen LogP contribution in [-0.4, -0.2) is 5.48 Å². The maximum Gasteiger partial charge on any atom is 2.00 e. The van der Waals surface area contributed by atoms with Gasteiger partial charge in [0, 0.05) is 0 Å². The van der Waals surface area contributed by atoms with Crippen LogP contribution in [0.1, 0.15) is 14.9 Å². The van der Waals surface area contributed by atoms with E-state index in [9.17, 15) is 0 Å². The minimum absolute atomic E-state index is 0. The van der Waals surface area contributed by atoms with E-state index in [-0.39, 0.29) is 54.5 Å². The summed E-state index contributed by atoms with van der Waals surface area (Å²) in [7, 11) is 0. The topological polar surface area (TPSA) is 31.5 Å². The molecule has 0 unspecified atom stereocenters. The molecule has 0 bridgehead atoms. The van der Waals surface area contributed by atoms with Crippen molar-refractivity contribution >= 4 is 0 Å². The molecule has 0 heterocycles. The molecule has 0 rings (SSSR count). The van der Waals surface area contributed by atoms with Gasteiger partial charge in [-0.15, -0.1) is 0 Å². The number of hydrogen-bond donors (Lipinski definition) is 0. The minimum atomic E-state index is 0. The summed E-state index contributed by atoms with van der Waals surface area (Å²) in [6.45, 7) is 0. The van der Waals surface area contributed by atoms with E-state index in [4.69, 9.17) is 0 Å². The van der Waals surface area contributed by atoms with E-state index in [0.29, 0.717) is 0 Å². The largest absolute Gasteiger partial charge is 2.00 e. The molecule has 5 heavy (non-hydrogen) atoms. The van der Waals surface area contributed by atoms with Gasteiger partial charge in [-0.25, -0.2) is 0 Å². The number of rotatable bonds is 0. The van der Waals surface area contributed by atoms with Gasteiger partial charge in [0.05, 0.1) is 0 Å². The molecular formula is C2H10Cu2O+4. The van der Waals surface area contributed by atoms with Crippen molar-refractivity contribution < 1.29 is 39.6 Å². The Bertz CT molecular complexity index is 7.61. The molecule has 0 atom stereocenters. The van der Waals surface area contributed by atoms with Crippen molar-refractivity contribution in [3.63, 3.8) is 0 Å². The Hall–Kier alpha value is 0.999. The summed E-state index contributed by atoms with van der Waals surface area (Å²) in [4.78, 5) is 0. The SMILES string of the molecule is C.C.O.[Cu+2].[Cu+2]. The normalized spacial score (nSPS) is 0. The van der Waals surface area contributed by atoms with Crippen LogP contribution in [-0.2, 0) is 34.1 Å². The number of hydrogen-bond acceptors (Lipinski definition) is 0. The van der Waals surface area contributed by atoms with Crippen LogP contribution in [0.2, 0.25) is 0 Å². The zero-order chi connectivity index (χ0) is 0. The molecule has 42 valence electrons. The van der Waals surface area contributed by atoms with E-state index in [0.717, 1.165) is 0 Å². The van der Waals surface area contributed by atoms with Crippen LogP contribution < -0.4 is 0 Å². The second-order valence-electron chi connectivity index (χ2n) is 0. The van der Waals surface area contributed by atoms with Crippen LogP contribution in [0.5, 0.6) is 0 Å². The molecule has 0 saturated carbocycles. The van der Waals surface area contributed by atoms with Crippen molar-refractivity contribution in [1.29, 1.82) is 0 Å². The van der Waals surface area contributed by atoms with E-state index in [2.05, 4.69) is 0 Å². The van der Waals surface area contributed by atoms with Gasteiger partial charge in [0.2, 0.25) is 0 Å². The van der Waals surface area contributed by atoms with Gasteiger partial charge < -0.3 is 5.48 Å². The van der Waals surface area contributed by atoms with Crippen LogP contribution >= 0.6 is 0 Å². The van der Waals surface area contributed by atoms with E-state index in [1.54, 1.807) is 0 Å². The van der Waals surface area contributed by atoms with E-state index >= 15 is 0 Å². The molecule has 2 N–H and O–H groups in total. The van der Waals surface area contributed by atoms with Crippen molar-refractivity contribution in [3.05, 3.63) is 0 Å². The first-order chi connectivity index (χ1) is 0. The van der Waals surface area contributed by atoms with Gasteiger partial charge in [0.1, 0.15) is 0 Å². The summed E-state index contributed by atoms with van der Waals surface area (Å²) in [6, 6.07) is 0. The second-order valence-corrected chi connectivity index (χ2v) is 0. The molecule has 0 fully saturated rings. The fraction of sp³-hybridized carbons (Fsp3) is 1.00. The maximum atomic E-state index is 0. The first-order valence-corrected chi connectivity index (χ1v) is 0. The average molecular weight is 177 g/mol. The molecule has 0 aliphatic carbocycles. The molecule has 2 radical (unpaired) electrons. The standard InChI is InChI=1S/2CH4.2Cu.H2O/h2*1H4;;;1H2/q;;2*+2;. The molecule has 0 aromatic carbocycles. The van der Waals surface area contributed by atoms with Gasteiger partial charge in [0.15, 0.2) is 0 Å². The summed E-state index contributed by atoms with van der Waals surface area (Å²) in [6.07, 6.45) is 0. The van der Waals surface area contributed by atoms with Crippen LogP contribution in [0, 0.1) is 0 Å². The Kier molecular flexibility index (Phi) is 2410. The first kappa shape index (κ1) is 150. The summed E-state index contributed by atoms with van der Waals surface area (Å²) in [5.74, 6) is 0. The first-order valence-electron chi connectivity index (χ1n) is 0. The van der Waals surface area contributed by atoms with Crippen molar-refractivity contribution in [2.45, 2.75) is 14.9 Å². The molecule has 0 aliphatic rings. The quantitative estimate of drug-likeness (QED) is 0.481. The zero-order valence-corrected chi connectivity index (χ0v) is 2.99. The van der Waals surface area contributed by atoms with Gasteiger partial charge >= 0.3 is 34.1 Å². The molecule has 1 nitrogen and oxygen atoms in total. The van der Waals surface area contributed by atoms with Crippen LogP contribution in [0.4, 0.5) is 0 Å². The predicted octanol–water partition coefficient (Wildman–Crippen LogP) is 0.442. The Balaban J connectivity index is 0. The van der Waals surface area contributed by atoms with Crippen molar-refractivity contribution in [2.75, 3.05) is 0 Å². The van der Waals surface area contributed by atoms with Crippen molar-refractivity contribution in [3.8, 4) is 0 Å². The average Bonchev–Trinajstić information content (AvgIpc) is 0. The third-order valence-electron chi connectivity index (χ3n) is 0. The maximum absolute atomic E-state index is 0. The molecule has 0 aliphatic heterocycles. The fourth-order valence-electron chi connectivity index (χ4n) is 0. The zero-order valence-electron chi connectivity index (χ0n) is 1.10. The summed E-state index contributed by atoms with van der Waals surface area (Å²) in [5.41, 5.74) is 0. The predicted molar refractivity (Wildman–Crippen MR) is 17.1 cm³/mol. The molecular weight excluding hydrogens is 167 g/mol. The monoisotopic (exact) mass is 176 g/mol. The summed E-state index contributed by atoms with van der Waals surface area (Å²) >= 11 is 0. The summed E-state index contributed by atoms with van der Waals surface area (Å²) in [5, 5.41) is 0. The van der Waals surface area contributed by atoms with Gasteiger partial charge in [-0.3, -0.25) is 0 Å². The smallest absolute Gasteiger partial charge is 0.412 e. The Morgan fingerprint density at radius 2 is 0.600 bits per heavy atom. The van der Waals surface area contributed by atoms with E-state index < -0.39 is 0 Å².